The van der Waals surface area contributed by atoms with Crippen molar-refractivity contribution in [2.45, 2.75) is 26.2 Å². The summed E-state index contributed by atoms with van der Waals surface area (Å²) in [6.07, 6.45) is 9.30. The second-order valence-corrected chi connectivity index (χ2v) is 4.82. The van der Waals surface area contributed by atoms with Crippen molar-refractivity contribution in [1.82, 2.24) is 0 Å². The number of rotatable bonds is 7. The average molecular weight is 348 g/mol. The van der Waals surface area contributed by atoms with Gasteiger partial charge >= 0.3 is 11.9 Å². The highest BCUT2D eigenvalue weighted by molar-refractivity contribution is 6.07. The standard InChI is InChI=1S/C18H18F2N2O3/c1-4-15(25-16-8-6-7-14(11-21)9-10-16)12-22-13(3)18(19,20)17(23)24-5-2/h4,6-7,9-10,12H,1,5,8H2,2-3H3/b15-12+,22-13?. The van der Waals surface area contributed by atoms with Gasteiger partial charge in [-0.15, -0.1) is 0 Å². The molecular weight excluding hydrogens is 330 g/mol. The van der Waals surface area contributed by atoms with Gasteiger partial charge in [-0.05, 0) is 38.2 Å². The molecule has 7 heteroatoms. The molecule has 0 atom stereocenters. The lowest BCUT2D eigenvalue weighted by Crippen LogP contribution is -2.37. The second kappa shape index (κ2) is 9.33. The first-order chi connectivity index (χ1) is 11.8. The van der Waals surface area contributed by atoms with Crippen LogP contribution < -0.4 is 0 Å². The topological polar surface area (TPSA) is 71.7 Å². The van der Waals surface area contributed by atoms with E-state index >= 15 is 0 Å². The van der Waals surface area contributed by atoms with E-state index in [0.717, 1.165) is 13.1 Å². The van der Waals surface area contributed by atoms with E-state index in [0.29, 0.717) is 17.8 Å². The highest BCUT2D eigenvalue weighted by Gasteiger charge is 2.43. The van der Waals surface area contributed by atoms with E-state index in [-0.39, 0.29) is 12.4 Å². The molecule has 0 saturated heterocycles. The first-order valence-electron chi connectivity index (χ1n) is 7.43. The Hall–Kier alpha value is -3.01. The fourth-order valence-corrected chi connectivity index (χ4v) is 1.64. The van der Waals surface area contributed by atoms with Crippen LogP contribution in [-0.4, -0.2) is 24.2 Å². The number of alkyl halides is 2. The fourth-order valence-electron chi connectivity index (χ4n) is 1.64. The maximum atomic E-state index is 13.8. The Bertz CT molecular complexity index is 723. The van der Waals surface area contributed by atoms with E-state index in [1.807, 2.05) is 6.07 Å². The van der Waals surface area contributed by atoms with Gasteiger partial charge in [-0.25, -0.2) is 4.79 Å². The third-order valence-corrected chi connectivity index (χ3v) is 3.02. The minimum atomic E-state index is -3.83. The third kappa shape index (κ3) is 5.84. The zero-order valence-electron chi connectivity index (χ0n) is 14.0. The molecule has 0 aromatic heterocycles. The summed E-state index contributed by atoms with van der Waals surface area (Å²) >= 11 is 0. The molecule has 0 saturated carbocycles. The molecule has 0 aliphatic heterocycles. The first kappa shape index (κ1) is 20.0. The SMILES string of the molecule is C=C/C(=C\N=C(C)C(F)(F)C(=O)OCC)OC1=CC=C(C#N)C=CC1. The molecule has 0 bridgehead atoms. The zero-order chi connectivity index (χ0) is 18.9. The normalized spacial score (nSPS) is 15.5. The third-order valence-electron chi connectivity index (χ3n) is 3.02. The number of nitrogens with zero attached hydrogens (tertiary/aromatic N) is 2. The number of esters is 1. The lowest BCUT2D eigenvalue weighted by atomic mass is 10.2. The highest BCUT2D eigenvalue weighted by Crippen LogP contribution is 2.20. The van der Waals surface area contributed by atoms with Crippen molar-refractivity contribution in [2.75, 3.05) is 6.61 Å². The van der Waals surface area contributed by atoms with E-state index in [1.54, 1.807) is 24.3 Å². The van der Waals surface area contributed by atoms with Crippen LogP contribution >= 0.6 is 0 Å². The number of carbonyl (C=O) groups excluding carboxylic acids is 1. The number of ether oxygens (including phenoxy) is 2. The van der Waals surface area contributed by atoms with Gasteiger partial charge in [0.05, 0.1) is 30.2 Å². The number of hydrogen-bond acceptors (Lipinski definition) is 5. The molecule has 0 amide bonds. The van der Waals surface area contributed by atoms with Crippen LogP contribution in [0.4, 0.5) is 8.78 Å². The van der Waals surface area contributed by atoms with E-state index in [2.05, 4.69) is 16.3 Å². The predicted octanol–water partition coefficient (Wildman–Crippen LogP) is 3.98. The van der Waals surface area contributed by atoms with Gasteiger partial charge in [0.2, 0.25) is 0 Å². The first-order valence-corrected chi connectivity index (χ1v) is 7.43. The second-order valence-electron chi connectivity index (χ2n) is 4.82. The summed E-state index contributed by atoms with van der Waals surface area (Å²) in [5.74, 6) is -4.88. The summed E-state index contributed by atoms with van der Waals surface area (Å²) in [7, 11) is 0. The molecule has 132 valence electrons. The zero-order valence-corrected chi connectivity index (χ0v) is 14.0. The molecule has 5 nitrogen and oxygen atoms in total. The molecule has 0 radical (unpaired) electrons. The van der Waals surface area contributed by atoms with Crippen LogP contribution in [0.25, 0.3) is 0 Å². The van der Waals surface area contributed by atoms with Gasteiger partial charge in [-0.2, -0.15) is 14.0 Å². The maximum absolute atomic E-state index is 13.8. The average Bonchev–Trinajstić information content (AvgIpc) is 2.83. The van der Waals surface area contributed by atoms with Crippen LogP contribution in [0.5, 0.6) is 0 Å². The van der Waals surface area contributed by atoms with Crippen LogP contribution in [0, 0.1) is 11.3 Å². The minimum absolute atomic E-state index is 0.118. The van der Waals surface area contributed by atoms with Crippen LogP contribution in [0.3, 0.4) is 0 Å². The molecular formula is C18H18F2N2O3. The van der Waals surface area contributed by atoms with Crippen molar-refractivity contribution in [3.05, 3.63) is 60.3 Å². The van der Waals surface area contributed by atoms with E-state index in [4.69, 9.17) is 10.00 Å². The number of nitriles is 1. The van der Waals surface area contributed by atoms with Crippen molar-refractivity contribution in [1.29, 1.82) is 5.26 Å². The lowest BCUT2D eigenvalue weighted by molar-refractivity contribution is -0.162. The molecule has 0 fully saturated rings. The van der Waals surface area contributed by atoms with Crippen molar-refractivity contribution < 1.29 is 23.0 Å². The number of carbonyl (C=O) groups is 1. The van der Waals surface area contributed by atoms with E-state index in [9.17, 15) is 13.6 Å². The number of aliphatic imine (C=N–C) groups is 1. The summed E-state index contributed by atoms with van der Waals surface area (Å²) in [5.41, 5.74) is -0.263. The van der Waals surface area contributed by atoms with Gasteiger partial charge in [0, 0.05) is 6.42 Å². The Morgan fingerprint density at radius 3 is 2.84 bits per heavy atom. The Morgan fingerprint density at radius 2 is 2.24 bits per heavy atom. The molecule has 1 aliphatic rings. The summed E-state index contributed by atoms with van der Waals surface area (Å²) in [5, 5.41) is 8.84. The van der Waals surface area contributed by atoms with Crippen molar-refractivity contribution in [3.8, 4) is 6.07 Å². The molecule has 0 N–H and O–H groups in total. The van der Waals surface area contributed by atoms with Crippen molar-refractivity contribution >= 4 is 11.7 Å². The van der Waals surface area contributed by atoms with E-state index < -0.39 is 17.6 Å². The van der Waals surface area contributed by atoms with Gasteiger partial charge < -0.3 is 9.47 Å². The largest absolute Gasteiger partial charge is 0.461 e. The number of hydrogen-bond donors (Lipinski definition) is 0. The van der Waals surface area contributed by atoms with Crippen molar-refractivity contribution in [3.63, 3.8) is 0 Å². The van der Waals surface area contributed by atoms with Crippen LogP contribution in [0.2, 0.25) is 0 Å². The lowest BCUT2D eigenvalue weighted by Gasteiger charge is -2.13. The minimum Gasteiger partial charge on any atom is -0.461 e. The Balaban J connectivity index is 2.93. The molecule has 1 aliphatic carbocycles. The Labute approximate surface area is 144 Å². The molecule has 0 aromatic carbocycles. The Morgan fingerprint density at radius 1 is 1.52 bits per heavy atom. The summed E-state index contributed by atoms with van der Waals surface area (Å²) < 4.78 is 37.4. The van der Waals surface area contributed by atoms with Crippen molar-refractivity contribution in [2.24, 2.45) is 4.99 Å². The Kier molecular flexibility index (Phi) is 7.47. The molecule has 0 spiro atoms. The van der Waals surface area contributed by atoms with Gasteiger partial charge in [0.15, 0.2) is 0 Å². The summed E-state index contributed by atoms with van der Waals surface area (Å²) in [6.45, 7) is 5.83. The van der Waals surface area contributed by atoms with Gasteiger partial charge in [-0.3, -0.25) is 4.99 Å². The highest BCUT2D eigenvalue weighted by atomic mass is 19.3. The van der Waals surface area contributed by atoms with Gasteiger partial charge in [0.1, 0.15) is 11.5 Å². The number of halogens is 2. The summed E-state index contributed by atoms with van der Waals surface area (Å²) in [6, 6.07) is 2.00. The van der Waals surface area contributed by atoms with Crippen LogP contribution in [0.1, 0.15) is 20.3 Å². The number of allylic oxidation sites excluding steroid dienone is 6. The molecule has 1 rings (SSSR count). The quantitative estimate of drug-likeness (QED) is 0.302. The summed E-state index contributed by atoms with van der Waals surface area (Å²) in [4.78, 5) is 14.8. The van der Waals surface area contributed by atoms with Crippen LogP contribution in [-0.2, 0) is 14.3 Å². The monoisotopic (exact) mass is 348 g/mol. The van der Waals surface area contributed by atoms with Gasteiger partial charge in [-0.1, -0.05) is 12.7 Å². The van der Waals surface area contributed by atoms with Gasteiger partial charge in [0.25, 0.3) is 0 Å². The predicted molar refractivity (Wildman–Crippen MR) is 89.6 cm³/mol. The maximum Gasteiger partial charge on any atom is 0.383 e. The molecule has 0 aromatic rings. The van der Waals surface area contributed by atoms with E-state index in [1.165, 1.54) is 13.0 Å². The smallest absolute Gasteiger partial charge is 0.383 e. The fraction of sp³-hybridized carbons (Fsp3) is 0.278. The molecule has 25 heavy (non-hydrogen) atoms. The van der Waals surface area contributed by atoms with Crippen LogP contribution in [0.15, 0.2) is 65.2 Å². The molecule has 0 heterocycles. The molecule has 0 unspecified atom stereocenters.